The maximum absolute atomic E-state index is 10.8. The maximum Gasteiger partial charge on any atom is 0.325 e. The van der Waals surface area contributed by atoms with Crippen LogP contribution >= 0.6 is 11.6 Å². The van der Waals surface area contributed by atoms with E-state index < -0.39 is 10.1 Å². The molecule has 0 unspecified atom stereocenters. The van der Waals surface area contributed by atoms with E-state index in [1.165, 1.54) is 18.2 Å². The number of hydrogen-bond donors (Lipinski definition) is 0. The number of allylic oxidation sites excluding steroid dienone is 4. The molecule has 5 nitrogen and oxygen atoms in total. The third-order valence-corrected chi connectivity index (χ3v) is 1.83. The van der Waals surface area contributed by atoms with Crippen LogP contribution in [0.2, 0.25) is 0 Å². The molecular weight excluding hydrogens is 230 g/mol. The number of hydrogen-bond acceptors (Lipinski definition) is 5. The second-order valence-corrected chi connectivity index (χ2v) is 4.45. The van der Waals surface area contributed by atoms with Crippen LogP contribution in [0.5, 0.6) is 0 Å². The number of nitrogens with zero attached hydrogens (tertiary/aromatic N) is 1. The Hall–Kier alpha value is -1.14. The number of carbonyl (C=O) groups is 1. The van der Waals surface area contributed by atoms with Crippen LogP contribution in [0.3, 0.4) is 0 Å². The second-order valence-electron chi connectivity index (χ2n) is 2.48. The fourth-order valence-electron chi connectivity index (χ4n) is 0.657. The quantitative estimate of drug-likeness (QED) is 0.518. The zero-order valence-electron chi connectivity index (χ0n) is 7.10. The van der Waals surface area contributed by atoms with E-state index in [9.17, 15) is 13.2 Å². The van der Waals surface area contributed by atoms with Crippen molar-refractivity contribution in [2.75, 3.05) is 6.26 Å². The van der Waals surface area contributed by atoms with Crippen LogP contribution in [-0.2, 0) is 19.2 Å². The summed E-state index contributed by atoms with van der Waals surface area (Å²) < 4.78 is 25.2. The van der Waals surface area contributed by atoms with Gasteiger partial charge in [-0.1, -0.05) is 16.8 Å². The van der Waals surface area contributed by atoms with Gasteiger partial charge in [-0.05, 0) is 18.2 Å². The van der Waals surface area contributed by atoms with Crippen LogP contribution in [0, 0.1) is 0 Å². The monoisotopic (exact) mass is 235 g/mol. The highest BCUT2D eigenvalue weighted by molar-refractivity contribution is 7.85. The van der Waals surface area contributed by atoms with Gasteiger partial charge in [-0.15, -0.1) is 0 Å². The molecule has 0 amide bonds. The molecule has 0 spiro atoms. The minimum absolute atomic E-state index is 0.0386. The van der Waals surface area contributed by atoms with Crippen molar-refractivity contribution in [1.29, 1.82) is 0 Å². The van der Waals surface area contributed by atoms with Crippen molar-refractivity contribution >= 4 is 33.2 Å². The Morgan fingerprint density at radius 1 is 1.43 bits per heavy atom. The standard InChI is InChI=1S/C7H6ClNO4S/c1-14(11,12)13-9-5-2-3-7(10)6(8)4-5/h2-4H,1H3. The Labute approximate surface area is 85.8 Å². The molecule has 1 rings (SSSR count). The summed E-state index contributed by atoms with van der Waals surface area (Å²) in [7, 11) is -3.63. The Bertz CT molecular complexity index is 446. The van der Waals surface area contributed by atoms with Crippen molar-refractivity contribution in [1.82, 2.24) is 0 Å². The summed E-state index contributed by atoms with van der Waals surface area (Å²) in [5.74, 6) is -0.357. The average molecular weight is 236 g/mol. The molecule has 0 N–H and O–H groups in total. The van der Waals surface area contributed by atoms with Crippen molar-refractivity contribution in [2.24, 2.45) is 5.16 Å². The van der Waals surface area contributed by atoms with Gasteiger partial charge in [0, 0.05) is 0 Å². The largest absolute Gasteiger partial charge is 0.325 e. The molecule has 0 heterocycles. The number of halogens is 1. The summed E-state index contributed by atoms with van der Waals surface area (Å²) in [4.78, 5) is 10.8. The van der Waals surface area contributed by atoms with Crippen molar-refractivity contribution in [3.05, 3.63) is 23.3 Å². The molecule has 1 aliphatic carbocycles. The molecule has 7 heteroatoms. The first kappa shape index (κ1) is 10.9. The molecule has 0 fully saturated rings. The van der Waals surface area contributed by atoms with Gasteiger partial charge in [0.15, 0.2) is 5.78 Å². The predicted molar refractivity (Wildman–Crippen MR) is 51.4 cm³/mol. The van der Waals surface area contributed by atoms with Gasteiger partial charge in [-0.25, -0.2) is 0 Å². The smallest absolute Gasteiger partial charge is 0.288 e. The summed E-state index contributed by atoms with van der Waals surface area (Å²) in [6.07, 6.45) is 4.56. The van der Waals surface area contributed by atoms with Crippen molar-refractivity contribution in [3.63, 3.8) is 0 Å². The fourth-order valence-corrected chi connectivity index (χ4v) is 1.05. The van der Waals surface area contributed by atoms with Crippen LogP contribution in [0.15, 0.2) is 28.4 Å². The molecule has 0 aliphatic heterocycles. The highest BCUT2D eigenvalue weighted by Gasteiger charge is 2.10. The molecular formula is C7H6ClNO4S. The lowest BCUT2D eigenvalue weighted by atomic mass is 10.2. The molecule has 0 bridgehead atoms. The van der Waals surface area contributed by atoms with Crippen LogP contribution in [0.25, 0.3) is 0 Å². The topological polar surface area (TPSA) is 72.8 Å². The molecule has 14 heavy (non-hydrogen) atoms. The number of ketones is 1. The highest BCUT2D eigenvalue weighted by atomic mass is 35.5. The number of rotatable bonds is 2. The molecule has 0 atom stereocenters. The summed E-state index contributed by atoms with van der Waals surface area (Å²) >= 11 is 5.49. The minimum atomic E-state index is -3.63. The highest BCUT2D eigenvalue weighted by Crippen LogP contribution is 2.10. The van der Waals surface area contributed by atoms with Crippen molar-refractivity contribution in [2.45, 2.75) is 0 Å². The van der Waals surface area contributed by atoms with E-state index in [1.54, 1.807) is 0 Å². The third kappa shape index (κ3) is 3.31. The molecule has 0 saturated carbocycles. The molecule has 1 aliphatic rings. The van der Waals surface area contributed by atoms with E-state index in [0.29, 0.717) is 0 Å². The first-order valence-corrected chi connectivity index (χ1v) is 5.64. The fraction of sp³-hybridized carbons (Fsp3) is 0.143. The first-order chi connectivity index (χ1) is 6.38. The Morgan fingerprint density at radius 3 is 2.57 bits per heavy atom. The Kier molecular flexibility index (Phi) is 3.07. The molecule has 0 saturated heterocycles. The van der Waals surface area contributed by atoms with Crippen LogP contribution in [0.4, 0.5) is 0 Å². The van der Waals surface area contributed by atoms with Gasteiger partial charge >= 0.3 is 10.1 Å². The number of oxime groups is 1. The van der Waals surface area contributed by atoms with Gasteiger partial charge in [-0.2, -0.15) is 8.42 Å². The van der Waals surface area contributed by atoms with Crippen LogP contribution < -0.4 is 0 Å². The normalized spacial score (nSPS) is 19.7. The Morgan fingerprint density at radius 2 is 2.07 bits per heavy atom. The minimum Gasteiger partial charge on any atom is -0.288 e. The molecule has 76 valence electrons. The van der Waals surface area contributed by atoms with E-state index >= 15 is 0 Å². The molecule has 0 aromatic heterocycles. The SMILES string of the molecule is CS(=O)(=O)ON=C1C=CC(=O)C(Cl)=C1. The first-order valence-electron chi connectivity index (χ1n) is 3.45. The summed E-state index contributed by atoms with van der Waals surface area (Å²) in [6.45, 7) is 0. The van der Waals surface area contributed by atoms with Crippen molar-refractivity contribution < 1.29 is 17.5 Å². The lowest BCUT2D eigenvalue weighted by Gasteiger charge is -2.00. The molecule has 0 radical (unpaired) electrons. The lowest BCUT2D eigenvalue weighted by Crippen LogP contribution is -2.06. The summed E-state index contributed by atoms with van der Waals surface area (Å²) in [5, 5.41) is 3.23. The van der Waals surface area contributed by atoms with E-state index in [-0.39, 0.29) is 16.5 Å². The van der Waals surface area contributed by atoms with Gasteiger partial charge in [0.25, 0.3) is 0 Å². The van der Waals surface area contributed by atoms with Gasteiger partial charge < -0.3 is 0 Å². The van der Waals surface area contributed by atoms with Gasteiger partial charge in [0.2, 0.25) is 0 Å². The zero-order valence-corrected chi connectivity index (χ0v) is 8.67. The van der Waals surface area contributed by atoms with Gasteiger partial charge in [0.05, 0.1) is 11.3 Å². The van der Waals surface area contributed by atoms with E-state index in [2.05, 4.69) is 9.44 Å². The third-order valence-electron chi connectivity index (χ3n) is 1.19. The lowest BCUT2D eigenvalue weighted by molar-refractivity contribution is -0.110. The van der Waals surface area contributed by atoms with Crippen LogP contribution in [-0.4, -0.2) is 26.2 Å². The van der Waals surface area contributed by atoms with E-state index in [0.717, 1.165) is 6.26 Å². The van der Waals surface area contributed by atoms with E-state index in [4.69, 9.17) is 11.6 Å². The predicted octanol–water partition coefficient (Wildman–Crippen LogP) is 0.580. The summed E-state index contributed by atoms with van der Waals surface area (Å²) in [5.41, 5.74) is 0.167. The van der Waals surface area contributed by atoms with Gasteiger partial charge in [-0.3, -0.25) is 9.08 Å². The number of carbonyl (C=O) groups excluding carboxylic acids is 1. The van der Waals surface area contributed by atoms with Crippen molar-refractivity contribution in [3.8, 4) is 0 Å². The summed E-state index contributed by atoms with van der Waals surface area (Å²) in [6, 6.07) is 0. The zero-order chi connectivity index (χ0) is 10.8. The van der Waals surface area contributed by atoms with E-state index in [1.807, 2.05) is 0 Å². The average Bonchev–Trinajstić information content (AvgIpc) is 2.06. The molecule has 0 aromatic rings. The molecule has 0 aromatic carbocycles. The maximum atomic E-state index is 10.8. The second kappa shape index (κ2) is 3.93. The van der Waals surface area contributed by atoms with Gasteiger partial charge in [0.1, 0.15) is 5.71 Å². The van der Waals surface area contributed by atoms with Crippen LogP contribution in [0.1, 0.15) is 0 Å². The Balaban J connectivity index is 2.83.